The third-order valence-corrected chi connectivity index (χ3v) is 4.09. The van der Waals surface area contributed by atoms with Crippen LogP contribution in [0.15, 0.2) is 18.2 Å². The summed E-state index contributed by atoms with van der Waals surface area (Å²) in [5.41, 5.74) is 6.89. The lowest BCUT2D eigenvalue weighted by Crippen LogP contribution is -2.41. The molecule has 0 radical (unpaired) electrons. The molecule has 0 spiro atoms. The van der Waals surface area contributed by atoms with Gasteiger partial charge in [-0.1, -0.05) is 26.7 Å². The van der Waals surface area contributed by atoms with E-state index in [2.05, 4.69) is 19.2 Å². The van der Waals surface area contributed by atoms with Gasteiger partial charge in [-0.3, -0.25) is 0 Å². The Kier molecular flexibility index (Phi) is 5.34. The topological polar surface area (TPSA) is 67.5 Å². The van der Waals surface area contributed by atoms with Crippen molar-refractivity contribution < 1.29 is 9.84 Å². The summed E-state index contributed by atoms with van der Waals surface area (Å²) in [7, 11) is 0. The third kappa shape index (κ3) is 4.81. The van der Waals surface area contributed by atoms with Gasteiger partial charge < -0.3 is 20.9 Å². The summed E-state index contributed by atoms with van der Waals surface area (Å²) >= 11 is 0. The molecule has 118 valence electrons. The molecule has 2 rings (SSSR count). The normalized spacial score (nSPS) is 25.6. The first kappa shape index (κ1) is 16.0. The number of hydrogen-bond donors (Lipinski definition) is 3. The summed E-state index contributed by atoms with van der Waals surface area (Å²) in [5.74, 6) is 1.37. The fourth-order valence-electron chi connectivity index (χ4n) is 3.09. The molecule has 0 amide bonds. The molecule has 1 fully saturated rings. The van der Waals surface area contributed by atoms with Crippen molar-refractivity contribution in [1.29, 1.82) is 0 Å². The van der Waals surface area contributed by atoms with Crippen molar-refractivity contribution >= 4 is 11.4 Å². The van der Waals surface area contributed by atoms with Crippen LogP contribution in [0.5, 0.6) is 5.75 Å². The van der Waals surface area contributed by atoms with E-state index in [0.717, 1.165) is 37.1 Å². The zero-order chi connectivity index (χ0) is 15.3. The molecule has 1 aliphatic carbocycles. The molecule has 21 heavy (non-hydrogen) atoms. The highest BCUT2D eigenvalue weighted by Crippen LogP contribution is 2.33. The highest BCUT2D eigenvalue weighted by molar-refractivity contribution is 5.59. The third-order valence-electron chi connectivity index (χ3n) is 4.09. The summed E-state index contributed by atoms with van der Waals surface area (Å²) in [6, 6.07) is 5.66. The average Bonchev–Trinajstić information content (AvgIpc) is 2.42. The first-order chi connectivity index (χ1) is 10.0. The summed E-state index contributed by atoms with van der Waals surface area (Å²) in [6.07, 6.45) is 5.01. The minimum atomic E-state index is -0.604. The number of nitrogens with one attached hydrogen (secondary N) is 1. The van der Waals surface area contributed by atoms with E-state index in [1.165, 1.54) is 6.42 Å². The molecule has 0 aliphatic heterocycles. The molecule has 2 atom stereocenters. The number of benzene rings is 1. The van der Waals surface area contributed by atoms with Crippen LogP contribution in [0.2, 0.25) is 0 Å². The maximum atomic E-state index is 10.7. The van der Waals surface area contributed by atoms with E-state index in [1.54, 1.807) is 0 Å². The van der Waals surface area contributed by atoms with Crippen LogP contribution < -0.4 is 15.8 Å². The lowest BCUT2D eigenvalue weighted by atomic mass is 9.79. The number of nitrogen functional groups attached to an aromatic ring is 1. The SMILES string of the molecule is CCCOc1cc(N)cc(NCC2(O)CCCC(C)C2)c1. The summed E-state index contributed by atoms with van der Waals surface area (Å²) < 4.78 is 5.63. The van der Waals surface area contributed by atoms with E-state index in [4.69, 9.17) is 10.5 Å². The molecule has 1 saturated carbocycles. The van der Waals surface area contributed by atoms with Gasteiger partial charge in [0.2, 0.25) is 0 Å². The highest BCUT2D eigenvalue weighted by atomic mass is 16.5. The predicted octanol–water partition coefficient (Wildman–Crippen LogP) is 3.41. The Balaban J connectivity index is 1.97. The van der Waals surface area contributed by atoms with Crippen LogP contribution in [-0.4, -0.2) is 23.9 Å². The molecule has 4 N–H and O–H groups in total. The maximum Gasteiger partial charge on any atom is 0.123 e. The maximum absolute atomic E-state index is 10.7. The Bertz CT molecular complexity index is 464. The number of anilines is 2. The van der Waals surface area contributed by atoms with Crippen LogP contribution in [0.4, 0.5) is 11.4 Å². The van der Waals surface area contributed by atoms with Crippen LogP contribution in [0.3, 0.4) is 0 Å². The summed E-state index contributed by atoms with van der Waals surface area (Å²) in [4.78, 5) is 0. The molecule has 1 aliphatic rings. The fourth-order valence-corrected chi connectivity index (χ4v) is 3.09. The Morgan fingerprint density at radius 3 is 2.95 bits per heavy atom. The molecule has 0 heterocycles. The lowest BCUT2D eigenvalue weighted by Gasteiger charge is -2.36. The van der Waals surface area contributed by atoms with E-state index < -0.39 is 5.60 Å². The van der Waals surface area contributed by atoms with Gasteiger partial charge in [0, 0.05) is 30.1 Å². The van der Waals surface area contributed by atoms with Crippen LogP contribution in [0, 0.1) is 5.92 Å². The van der Waals surface area contributed by atoms with Crippen LogP contribution in [0.1, 0.15) is 46.0 Å². The average molecular weight is 292 g/mol. The standard InChI is InChI=1S/C17H28N2O2/c1-3-7-21-16-9-14(18)8-15(10-16)19-12-17(20)6-4-5-13(2)11-17/h8-10,13,19-20H,3-7,11-12,18H2,1-2H3. The lowest BCUT2D eigenvalue weighted by molar-refractivity contribution is -0.000766. The number of aliphatic hydroxyl groups is 1. The monoisotopic (exact) mass is 292 g/mol. The van der Waals surface area contributed by atoms with E-state index in [0.29, 0.717) is 24.8 Å². The second-order valence-electron chi connectivity index (χ2n) is 6.42. The summed E-state index contributed by atoms with van der Waals surface area (Å²) in [6.45, 7) is 5.53. The van der Waals surface area contributed by atoms with E-state index in [9.17, 15) is 5.11 Å². The highest BCUT2D eigenvalue weighted by Gasteiger charge is 2.32. The Morgan fingerprint density at radius 1 is 1.43 bits per heavy atom. The Morgan fingerprint density at radius 2 is 2.24 bits per heavy atom. The molecule has 0 bridgehead atoms. The van der Waals surface area contributed by atoms with Crippen molar-refractivity contribution in [2.45, 2.75) is 51.6 Å². The van der Waals surface area contributed by atoms with Crippen molar-refractivity contribution in [3.8, 4) is 5.75 Å². The number of hydrogen-bond acceptors (Lipinski definition) is 4. The first-order valence-corrected chi connectivity index (χ1v) is 8.00. The zero-order valence-corrected chi connectivity index (χ0v) is 13.2. The summed E-state index contributed by atoms with van der Waals surface area (Å²) in [5, 5.41) is 14.0. The van der Waals surface area contributed by atoms with E-state index in [1.807, 2.05) is 18.2 Å². The molecular weight excluding hydrogens is 264 g/mol. The zero-order valence-electron chi connectivity index (χ0n) is 13.2. The van der Waals surface area contributed by atoms with Gasteiger partial charge in [0.25, 0.3) is 0 Å². The van der Waals surface area contributed by atoms with Crippen molar-refractivity contribution in [3.63, 3.8) is 0 Å². The van der Waals surface area contributed by atoms with E-state index in [-0.39, 0.29) is 0 Å². The molecule has 0 aromatic heterocycles. The van der Waals surface area contributed by atoms with Crippen LogP contribution in [0.25, 0.3) is 0 Å². The van der Waals surface area contributed by atoms with Crippen molar-refractivity contribution in [3.05, 3.63) is 18.2 Å². The van der Waals surface area contributed by atoms with Crippen molar-refractivity contribution in [1.82, 2.24) is 0 Å². The molecular formula is C17H28N2O2. The van der Waals surface area contributed by atoms with Gasteiger partial charge in [0.05, 0.1) is 12.2 Å². The number of ether oxygens (including phenoxy) is 1. The minimum Gasteiger partial charge on any atom is -0.493 e. The van der Waals surface area contributed by atoms with Crippen molar-refractivity contribution in [2.24, 2.45) is 5.92 Å². The Labute approximate surface area is 127 Å². The van der Waals surface area contributed by atoms with Gasteiger partial charge in [0.15, 0.2) is 0 Å². The van der Waals surface area contributed by atoms with E-state index >= 15 is 0 Å². The smallest absolute Gasteiger partial charge is 0.123 e. The van der Waals surface area contributed by atoms with Gasteiger partial charge in [0.1, 0.15) is 5.75 Å². The molecule has 2 unspecified atom stereocenters. The number of nitrogens with two attached hydrogens (primary N) is 1. The molecule has 4 nitrogen and oxygen atoms in total. The number of rotatable bonds is 6. The molecule has 1 aromatic rings. The Hall–Kier alpha value is -1.42. The second kappa shape index (κ2) is 7.03. The largest absolute Gasteiger partial charge is 0.493 e. The quantitative estimate of drug-likeness (QED) is 0.703. The van der Waals surface area contributed by atoms with Gasteiger partial charge in [-0.25, -0.2) is 0 Å². The van der Waals surface area contributed by atoms with Crippen LogP contribution >= 0.6 is 0 Å². The van der Waals surface area contributed by atoms with Crippen LogP contribution in [-0.2, 0) is 0 Å². The first-order valence-electron chi connectivity index (χ1n) is 8.00. The minimum absolute atomic E-state index is 0.564. The predicted molar refractivity (Wildman–Crippen MR) is 87.7 cm³/mol. The van der Waals surface area contributed by atoms with Gasteiger partial charge >= 0.3 is 0 Å². The van der Waals surface area contributed by atoms with Gasteiger partial charge in [-0.2, -0.15) is 0 Å². The second-order valence-corrected chi connectivity index (χ2v) is 6.42. The fraction of sp³-hybridized carbons (Fsp3) is 0.647. The molecule has 1 aromatic carbocycles. The van der Waals surface area contributed by atoms with Gasteiger partial charge in [-0.15, -0.1) is 0 Å². The molecule has 0 saturated heterocycles. The van der Waals surface area contributed by atoms with Gasteiger partial charge in [-0.05, 0) is 31.2 Å². The molecule has 4 heteroatoms. The van der Waals surface area contributed by atoms with Crippen molar-refractivity contribution in [2.75, 3.05) is 24.2 Å².